The fraction of sp³-hybridized carbons (Fsp3) is 0.167. The van der Waals surface area contributed by atoms with Crippen molar-refractivity contribution in [1.29, 1.82) is 0 Å². The van der Waals surface area contributed by atoms with Crippen LogP contribution in [0.3, 0.4) is 0 Å². The molecule has 0 aromatic carbocycles. The zero-order chi connectivity index (χ0) is 10.8. The van der Waals surface area contributed by atoms with Gasteiger partial charge in [-0.1, -0.05) is 0 Å². The molecule has 0 spiro atoms. The molecule has 0 atom stereocenters. The van der Waals surface area contributed by atoms with Crippen molar-refractivity contribution in [2.45, 2.75) is 13.8 Å². The number of pyridine rings is 2. The van der Waals surface area contributed by atoms with Gasteiger partial charge in [0.15, 0.2) is 0 Å². The molecule has 2 aromatic heterocycles. The minimum atomic E-state index is 0.725. The average molecular weight is 199 g/mol. The Kier molecular flexibility index (Phi) is 2.37. The van der Waals surface area contributed by atoms with Crippen LogP contribution < -0.4 is 5.73 Å². The number of anilines is 1. The number of nitrogen functional groups attached to an aromatic ring is 1. The largest absolute Gasteiger partial charge is 0.397 e. The fourth-order valence-corrected chi connectivity index (χ4v) is 1.41. The van der Waals surface area contributed by atoms with Gasteiger partial charge in [-0.3, -0.25) is 9.97 Å². The molecule has 0 saturated carbocycles. The molecule has 2 aromatic rings. The van der Waals surface area contributed by atoms with Crippen LogP contribution >= 0.6 is 0 Å². The molecule has 15 heavy (non-hydrogen) atoms. The van der Waals surface area contributed by atoms with Gasteiger partial charge in [-0.15, -0.1) is 0 Å². The van der Waals surface area contributed by atoms with E-state index in [0.717, 1.165) is 28.2 Å². The molecule has 0 aliphatic carbocycles. The molecular formula is C12H13N3. The van der Waals surface area contributed by atoms with Crippen LogP contribution in [0.25, 0.3) is 11.3 Å². The van der Waals surface area contributed by atoms with Crippen LogP contribution in [0.15, 0.2) is 30.6 Å². The first-order valence-corrected chi connectivity index (χ1v) is 4.82. The lowest BCUT2D eigenvalue weighted by molar-refractivity contribution is 1.19. The molecule has 0 bridgehead atoms. The third-order valence-corrected chi connectivity index (χ3v) is 2.39. The van der Waals surface area contributed by atoms with Crippen molar-refractivity contribution in [3.05, 3.63) is 41.9 Å². The van der Waals surface area contributed by atoms with Gasteiger partial charge in [-0.05, 0) is 37.6 Å². The Labute approximate surface area is 89.0 Å². The fourth-order valence-electron chi connectivity index (χ4n) is 1.41. The smallest absolute Gasteiger partial charge is 0.0949 e. The molecule has 0 aliphatic heterocycles. The number of nitrogens with two attached hydrogens (primary N) is 1. The average Bonchev–Trinajstić information content (AvgIpc) is 2.24. The van der Waals surface area contributed by atoms with Crippen molar-refractivity contribution in [3.8, 4) is 11.3 Å². The SMILES string of the molecule is Cc1ccc(-c2nccc(C)c2N)cn1. The van der Waals surface area contributed by atoms with Gasteiger partial charge in [0.2, 0.25) is 0 Å². The standard InChI is InChI=1S/C12H13N3/c1-8-5-6-14-12(11(8)13)10-4-3-9(2)15-7-10/h3-7H,13H2,1-2H3. The predicted molar refractivity (Wildman–Crippen MR) is 61.4 cm³/mol. The maximum atomic E-state index is 5.96. The van der Waals surface area contributed by atoms with Crippen molar-refractivity contribution in [3.63, 3.8) is 0 Å². The van der Waals surface area contributed by atoms with E-state index in [1.165, 1.54) is 0 Å². The second kappa shape index (κ2) is 3.69. The minimum Gasteiger partial charge on any atom is -0.397 e. The quantitative estimate of drug-likeness (QED) is 0.767. The van der Waals surface area contributed by atoms with Gasteiger partial charge in [-0.2, -0.15) is 0 Å². The van der Waals surface area contributed by atoms with E-state index in [1.54, 1.807) is 12.4 Å². The van der Waals surface area contributed by atoms with E-state index < -0.39 is 0 Å². The van der Waals surface area contributed by atoms with Crippen molar-refractivity contribution in [1.82, 2.24) is 9.97 Å². The Hall–Kier alpha value is -1.90. The molecular weight excluding hydrogens is 186 g/mol. The summed E-state index contributed by atoms with van der Waals surface area (Å²) in [6, 6.07) is 5.85. The van der Waals surface area contributed by atoms with E-state index in [2.05, 4.69) is 9.97 Å². The second-order valence-electron chi connectivity index (χ2n) is 3.58. The summed E-state index contributed by atoms with van der Waals surface area (Å²) < 4.78 is 0. The summed E-state index contributed by atoms with van der Waals surface area (Å²) >= 11 is 0. The van der Waals surface area contributed by atoms with Gasteiger partial charge in [0.1, 0.15) is 0 Å². The third-order valence-electron chi connectivity index (χ3n) is 2.39. The molecule has 0 radical (unpaired) electrons. The molecule has 0 unspecified atom stereocenters. The lowest BCUT2D eigenvalue weighted by Crippen LogP contribution is -1.96. The molecule has 2 rings (SSSR count). The van der Waals surface area contributed by atoms with E-state index in [9.17, 15) is 0 Å². The number of hydrogen-bond acceptors (Lipinski definition) is 3. The molecule has 2 N–H and O–H groups in total. The summed E-state index contributed by atoms with van der Waals surface area (Å²) in [7, 11) is 0. The van der Waals surface area contributed by atoms with Crippen molar-refractivity contribution >= 4 is 5.69 Å². The van der Waals surface area contributed by atoms with Crippen LogP contribution in [-0.4, -0.2) is 9.97 Å². The van der Waals surface area contributed by atoms with Gasteiger partial charge in [0, 0.05) is 23.7 Å². The molecule has 0 amide bonds. The Morgan fingerprint density at radius 1 is 1.07 bits per heavy atom. The molecule has 76 valence electrons. The maximum absolute atomic E-state index is 5.96. The zero-order valence-corrected chi connectivity index (χ0v) is 8.86. The Morgan fingerprint density at radius 2 is 1.87 bits per heavy atom. The van der Waals surface area contributed by atoms with Gasteiger partial charge in [0.25, 0.3) is 0 Å². The summed E-state index contributed by atoms with van der Waals surface area (Å²) in [5.74, 6) is 0. The summed E-state index contributed by atoms with van der Waals surface area (Å²) in [5.41, 5.74) is 10.5. The second-order valence-corrected chi connectivity index (χ2v) is 3.58. The highest BCUT2D eigenvalue weighted by atomic mass is 14.7. The van der Waals surface area contributed by atoms with Crippen molar-refractivity contribution < 1.29 is 0 Å². The Balaban J connectivity index is 2.54. The minimum absolute atomic E-state index is 0.725. The molecule has 0 aliphatic rings. The number of aromatic nitrogens is 2. The Bertz CT molecular complexity index is 475. The van der Waals surface area contributed by atoms with Crippen LogP contribution in [-0.2, 0) is 0 Å². The highest BCUT2D eigenvalue weighted by Crippen LogP contribution is 2.24. The highest BCUT2D eigenvalue weighted by Gasteiger charge is 2.05. The molecule has 0 saturated heterocycles. The normalized spacial score (nSPS) is 10.3. The first kappa shape index (κ1) is 9.65. The molecule has 0 fully saturated rings. The van der Waals surface area contributed by atoms with E-state index in [-0.39, 0.29) is 0 Å². The topological polar surface area (TPSA) is 51.8 Å². The van der Waals surface area contributed by atoms with Gasteiger partial charge in [-0.25, -0.2) is 0 Å². The van der Waals surface area contributed by atoms with Crippen LogP contribution in [0.4, 0.5) is 5.69 Å². The van der Waals surface area contributed by atoms with Crippen molar-refractivity contribution in [2.24, 2.45) is 0 Å². The first-order chi connectivity index (χ1) is 7.18. The zero-order valence-electron chi connectivity index (χ0n) is 8.86. The highest BCUT2D eigenvalue weighted by molar-refractivity contribution is 5.73. The van der Waals surface area contributed by atoms with Crippen LogP contribution in [0.2, 0.25) is 0 Å². The number of nitrogens with zero attached hydrogens (tertiary/aromatic N) is 2. The van der Waals surface area contributed by atoms with E-state index in [4.69, 9.17) is 5.73 Å². The lowest BCUT2D eigenvalue weighted by Gasteiger charge is -2.06. The molecule has 3 nitrogen and oxygen atoms in total. The monoisotopic (exact) mass is 199 g/mol. The Morgan fingerprint density at radius 3 is 2.53 bits per heavy atom. The summed E-state index contributed by atoms with van der Waals surface area (Å²) in [6.45, 7) is 3.93. The molecule has 3 heteroatoms. The van der Waals surface area contributed by atoms with Crippen LogP contribution in [0.1, 0.15) is 11.3 Å². The van der Waals surface area contributed by atoms with Crippen molar-refractivity contribution in [2.75, 3.05) is 5.73 Å². The predicted octanol–water partition coefficient (Wildman–Crippen LogP) is 2.34. The lowest BCUT2D eigenvalue weighted by atomic mass is 10.1. The summed E-state index contributed by atoms with van der Waals surface area (Å²) in [5, 5.41) is 0. The van der Waals surface area contributed by atoms with Gasteiger partial charge in [0.05, 0.1) is 11.4 Å². The van der Waals surface area contributed by atoms with Crippen LogP contribution in [0, 0.1) is 13.8 Å². The first-order valence-electron chi connectivity index (χ1n) is 4.82. The van der Waals surface area contributed by atoms with E-state index in [1.807, 2.05) is 32.0 Å². The number of aryl methyl sites for hydroxylation is 2. The van der Waals surface area contributed by atoms with E-state index in [0.29, 0.717) is 0 Å². The van der Waals surface area contributed by atoms with Gasteiger partial charge < -0.3 is 5.73 Å². The number of rotatable bonds is 1. The third kappa shape index (κ3) is 1.81. The van der Waals surface area contributed by atoms with Crippen LogP contribution in [0.5, 0.6) is 0 Å². The number of hydrogen-bond donors (Lipinski definition) is 1. The summed E-state index contributed by atoms with van der Waals surface area (Å²) in [6.07, 6.45) is 3.56. The van der Waals surface area contributed by atoms with E-state index >= 15 is 0 Å². The molecule has 2 heterocycles. The van der Waals surface area contributed by atoms with Gasteiger partial charge >= 0.3 is 0 Å². The summed E-state index contributed by atoms with van der Waals surface area (Å²) in [4.78, 5) is 8.50. The maximum Gasteiger partial charge on any atom is 0.0949 e.